The molecule has 4 aromatic rings. The molecule has 0 bridgehead atoms. The molecule has 5 rings (SSSR count). The number of fused-ring (bicyclic) bond motifs is 1. The molecule has 0 spiro atoms. The normalized spacial score (nSPS) is 13.4. The molecule has 2 heterocycles. The van der Waals surface area contributed by atoms with Crippen molar-refractivity contribution < 1.29 is 19.1 Å². The molecule has 246 valence electrons. The van der Waals surface area contributed by atoms with Gasteiger partial charge in [0.1, 0.15) is 29.3 Å². The highest BCUT2D eigenvalue weighted by atomic mass is 79.9. The zero-order valence-corrected chi connectivity index (χ0v) is 30.6. The number of nitrogens with zero attached hydrogens (tertiary/aromatic N) is 2. The fourth-order valence-corrected chi connectivity index (χ4v) is 7.18. The van der Waals surface area contributed by atoms with E-state index in [9.17, 15) is 9.59 Å². The van der Waals surface area contributed by atoms with Gasteiger partial charge in [-0.05, 0) is 108 Å². The van der Waals surface area contributed by atoms with Crippen molar-refractivity contribution in [3.05, 3.63) is 86.3 Å². The summed E-state index contributed by atoms with van der Waals surface area (Å²) in [4.78, 5) is 34.5. The van der Waals surface area contributed by atoms with E-state index in [1.165, 1.54) is 34.6 Å². The monoisotopic (exact) mass is 706 g/mol. The van der Waals surface area contributed by atoms with E-state index in [1.54, 1.807) is 0 Å². The van der Waals surface area contributed by atoms with Gasteiger partial charge < -0.3 is 14.4 Å². The fourth-order valence-electron chi connectivity index (χ4n) is 5.69. The summed E-state index contributed by atoms with van der Waals surface area (Å²) < 4.78 is 12.8. The van der Waals surface area contributed by atoms with Crippen molar-refractivity contribution in [1.29, 1.82) is 0 Å². The molecule has 0 N–H and O–H groups in total. The van der Waals surface area contributed by atoms with Gasteiger partial charge in [0.25, 0.3) is 5.91 Å². The van der Waals surface area contributed by atoms with Crippen LogP contribution in [0.3, 0.4) is 0 Å². The number of amides is 1. The van der Waals surface area contributed by atoms with Crippen LogP contribution in [-0.4, -0.2) is 33.9 Å². The van der Waals surface area contributed by atoms with Gasteiger partial charge in [-0.25, -0.2) is 4.98 Å². The lowest BCUT2D eigenvalue weighted by Gasteiger charge is -2.25. The van der Waals surface area contributed by atoms with E-state index in [4.69, 9.17) is 14.5 Å². The lowest BCUT2D eigenvalue weighted by Crippen LogP contribution is -2.38. The Kier molecular flexibility index (Phi) is 12.4. The number of halogens is 1. The largest absolute Gasteiger partial charge is 0.459 e. The highest BCUT2D eigenvalue weighted by Crippen LogP contribution is 2.33. The maximum Gasteiger partial charge on any atom is 0.326 e. The number of rotatable bonds is 10. The van der Waals surface area contributed by atoms with Gasteiger partial charge in [0.2, 0.25) is 0 Å². The maximum absolute atomic E-state index is 14.1. The van der Waals surface area contributed by atoms with Crippen LogP contribution in [0.2, 0.25) is 0 Å². The Hall–Kier alpha value is -3.23. The molecule has 0 aliphatic heterocycles. The third-order valence-corrected chi connectivity index (χ3v) is 9.45. The molecule has 0 atom stereocenters. The van der Waals surface area contributed by atoms with E-state index in [0.29, 0.717) is 17.5 Å². The number of carbonyl (C=O) groups is 2. The van der Waals surface area contributed by atoms with Gasteiger partial charge in [-0.3, -0.25) is 9.59 Å². The first-order valence-corrected chi connectivity index (χ1v) is 18.0. The summed E-state index contributed by atoms with van der Waals surface area (Å²) in [5, 5.41) is 1.92. The number of benzene rings is 2. The number of carbonyl (C=O) groups excluding carboxylic acids is 2. The number of aromatic nitrogens is 1. The number of thiophene rings is 1. The summed E-state index contributed by atoms with van der Waals surface area (Å²) in [6, 6.07) is 19.9. The van der Waals surface area contributed by atoms with Crippen molar-refractivity contribution in [3.8, 4) is 11.5 Å². The predicted octanol–water partition coefficient (Wildman–Crippen LogP) is 10.7. The number of ether oxygens (including phenoxy) is 2. The molecule has 6 nitrogen and oxygen atoms in total. The summed E-state index contributed by atoms with van der Waals surface area (Å²) in [7, 11) is 0. The van der Waals surface area contributed by atoms with Gasteiger partial charge in [0, 0.05) is 16.0 Å². The van der Waals surface area contributed by atoms with Crippen LogP contribution in [0.5, 0.6) is 11.5 Å². The maximum atomic E-state index is 14.1. The van der Waals surface area contributed by atoms with E-state index in [1.807, 2.05) is 83.1 Å². The van der Waals surface area contributed by atoms with Crippen LogP contribution >= 0.6 is 27.3 Å². The van der Waals surface area contributed by atoms with E-state index in [0.717, 1.165) is 55.9 Å². The molecule has 1 fully saturated rings. The smallest absolute Gasteiger partial charge is 0.326 e. The first-order chi connectivity index (χ1) is 21.9. The highest BCUT2D eigenvalue weighted by Gasteiger charge is 2.26. The molecule has 0 radical (unpaired) electrons. The highest BCUT2D eigenvalue weighted by molar-refractivity contribution is 9.11. The van der Waals surface area contributed by atoms with Gasteiger partial charge in [-0.2, -0.15) is 0 Å². The van der Waals surface area contributed by atoms with Crippen LogP contribution in [0.4, 0.5) is 0 Å². The Balaban J connectivity index is 0.00000235. The number of hydrogen-bond donors (Lipinski definition) is 0. The van der Waals surface area contributed by atoms with E-state index in [-0.39, 0.29) is 19.0 Å². The molecule has 2 aromatic heterocycles. The Morgan fingerprint density at radius 1 is 0.978 bits per heavy atom. The molecule has 2 aromatic carbocycles. The Morgan fingerprint density at radius 2 is 1.65 bits per heavy atom. The third kappa shape index (κ3) is 9.88. The van der Waals surface area contributed by atoms with Crippen molar-refractivity contribution >= 4 is 49.9 Å². The summed E-state index contributed by atoms with van der Waals surface area (Å²) >= 11 is 5.05. The second kappa shape index (κ2) is 16.1. The predicted molar refractivity (Wildman–Crippen MR) is 192 cm³/mol. The van der Waals surface area contributed by atoms with Crippen LogP contribution in [-0.2, 0) is 22.5 Å². The Morgan fingerprint density at radius 3 is 2.26 bits per heavy atom. The van der Waals surface area contributed by atoms with Crippen LogP contribution in [0.25, 0.3) is 10.8 Å². The van der Waals surface area contributed by atoms with Crippen LogP contribution in [0.15, 0.2) is 64.5 Å². The van der Waals surface area contributed by atoms with Crippen LogP contribution in [0, 0.1) is 5.92 Å². The molecule has 1 saturated carbocycles. The first kappa shape index (κ1) is 35.6. The molecular formula is C38H47BrN2O4S. The van der Waals surface area contributed by atoms with Crippen LogP contribution < -0.4 is 4.74 Å². The topological polar surface area (TPSA) is 68.7 Å². The number of pyridine rings is 1. The molecule has 1 amide bonds. The van der Waals surface area contributed by atoms with Gasteiger partial charge in [0.05, 0.1) is 10.3 Å². The summed E-state index contributed by atoms with van der Waals surface area (Å²) in [5.41, 5.74) is 1.85. The van der Waals surface area contributed by atoms with Crippen molar-refractivity contribution in [1.82, 2.24) is 9.88 Å². The lowest BCUT2D eigenvalue weighted by molar-refractivity contribution is -0.155. The fraction of sp³-hybridized carbons (Fsp3) is 0.447. The zero-order valence-electron chi connectivity index (χ0n) is 28.2. The minimum Gasteiger partial charge on any atom is -0.459 e. The molecule has 0 unspecified atom stereocenters. The number of hydrogen-bond acceptors (Lipinski definition) is 6. The van der Waals surface area contributed by atoms with Gasteiger partial charge in [0.15, 0.2) is 0 Å². The Bertz CT molecular complexity index is 1620. The Labute approximate surface area is 286 Å². The van der Waals surface area contributed by atoms with Crippen molar-refractivity contribution in [2.45, 2.75) is 98.6 Å². The van der Waals surface area contributed by atoms with E-state index in [2.05, 4.69) is 41.9 Å². The minimum atomic E-state index is -0.649. The first-order valence-electron chi connectivity index (χ1n) is 16.4. The second-order valence-corrected chi connectivity index (χ2v) is 15.5. The zero-order chi connectivity index (χ0) is 33.4. The summed E-state index contributed by atoms with van der Waals surface area (Å²) in [6.07, 6.45) is 5.58. The number of esters is 1. The standard InChI is InChI=1S/C36H41BrN2O4S.C2H6/c1-23(2)25-10-13-27(14-11-25)42-28-15-12-26-19-32(38-31(30(26)20-28)18-24-8-6-7-9-24)35(41)39(21-29-16-17-33(37)44-29)22-34(40)43-36(3,4)5;1-2/h10-17,19-20,23-24H,6-9,18,21-22H2,1-5H3;1-2H3. The molecule has 8 heteroatoms. The molecule has 0 saturated heterocycles. The summed E-state index contributed by atoms with van der Waals surface area (Å²) in [5.74, 6) is 1.77. The minimum absolute atomic E-state index is 0.161. The van der Waals surface area contributed by atoms with E-state index >= 15 is 0 Å². The van der Waals surface area contributed by atoms with Gasteiger partial charge >= 0.3 is 5.97 Å². The quantitative estimate of drug-likeness (QED) is 0.154. The molecule has 46 heavy (non-hydrogen) atoms. The summed E-state index contributed by atoms with van der Waals surface area (Å²) in [6.45, 7) is 14.0. The van der Waals surface area contributed by atoms with Gasteiger partial charge in [-0.15, -0.1) is 11.3 Å². The second-order valence-electron chi connectivity index (χ2n) is 13.0. The molecule has 1 aliphatic carbocycles. The van der Waals surface area contributed by atoms with Gasteiger partial charge in [-0.1, -0.05) is 71.6 Å². The van der Waals surface area contributed by atoms with Crippen molar-refractivity contribution in [3.63, 3.8) is 0 Å². The molecular weight excluding hydrogens is 660 g/mol. The average Bonchev–Trinajstić information content (AvgIpc) is 3.68. The average molecular weight is 708 g/mol. The third-order valence-electron chi connectivity index (χ3n) is 7.84. The van der Waals surface area contributed by atoms with E-state index < -0.39 is 11.6 Å². The van der Waals surface area contributed by atoms with Crippen molar-refractivity contribution in [2.24, 2.45) is 5.92 Å². The SMILES string of the molecule is CC.CC(C)c1ccc(Oc2ccc3cc(C(=O)N(CC(=O)OC(C)(C)C)Cc4ccc(Br)s4)nc(CC4CCCC4)c3c2)cc1. The lowest BCUT2D eigenvalue weighted by atomic mass is 9.97. The van der Waals surface area contributed by atoms with Crippen molar-refractivity contribution in [2.75, 3.05) is 6.54 Å². The van der Waals surface area contributed by atoms with Crippen LogP contribution in [0.1, 0.15) is 107 Å². The molecule has 1 aliphatic rings.